The van der Waals surface area contributed by atoms with E-state index in [-0.39, 0.29) is 0 Å². The van der Waals surface area contributed by atoms with Crippen LogP contribution >= 0.6 is 11.6 Å². The van der Waals surface area contributed by atoms with Crippen LogP contribution in [-0.4, -0.2) is 34.7 Å². The molecule has 0 saturated carbocycles. The van der Waals surface area contributed by atoms with E-state index in [4.69, 9.17) is 16.6 Å². The molecule has 0 unspecified atom stereocenters. The van der Waals surface area contributed by atoms with Gasteiger partial charge >= 0.3 is 0 Å². The highest BCUT2D eigenvalue weighted by molar-refractivity contribution is 6.35. The lowest BCUT2D eigenvalue weighted by atomic mass is 10.0. The molecule has 4 heterocycles. The first-order chi connectivity index (χ1) is 16.1. The number of aryl methyl sites for hydroxylation is 1. The molecule has 6 aromatic rings. The SMILES string of the molecule is Cc1nc2c(-c3nnc[nH]3)cc(-c3ccncc3F)cc2n1-c1ccnc2c(Cl)cccc12. The van der Waals surface area contributed by atoms with Crippen molar-refractivity contribution >= 4 is 33.5 Å². The molecule has 0 saturated heterocycles. The van der Waals surface area contributed by atoms with E-state index in [1.54, 1.807) is 18.5 Å². The van der Waals surface area contributed by atoms with E-state index in [0.717, 1.165) is 33.5 Å². The summed E-state index contributed by atoms with van der Waals surface area (Å²) < 4.78 is 16.7. The number of benzene rings is 2. The second-order valence-electron chi connectivity index (χ2n) is 7.55. The summed E-state index contributed by atoms with van der Waals surface area (Å²) in [6.07, 6.45) is 5.99. The van der Waals surface area contributed by atoms with Crippen LogP contribution in [0, 0.1) is 12.7 Å². The van der Waals surface area contributed by atoms with Gasteiger partial charge in [0.2, 0.25) is 0 Å². The average molecular weight is 456 g/mol. The fourth-order valence-corrected chi connectivity index (χ4v) is 4.42. The molecule has 0 radical (unpaired) electrons. The first kappa shape index (κ1) is 19.5. The second-order valence-corrected chi connectivity index (χ2v) is 7.95. The van der Waals surface area contributed by atoms with Crippen LogP contribution in [0.2, 0.25) is 5.02 Å². The van der Waals surface area contributed by atoms with Gasteiger partial charge in [0.1, 0.15) is 23.5 Å². The van der Waals surface area contributed by atoms with E-state index in [9.17, 15) is 4.39 Å². The number of fused-ring (bicyclic) bond motifs is 2. The lowest BCUT2D eigenvalue weighted by Crippen LogP contribution is -1.99. The average Bonchev–Trinajstić information content (AvgIpc) is 3.46. The Labute approximate surface area is 191 Å². The quantitative estimate of drug-likeness (QED) is 0.379. The van der Waals surface area contributed by atoms with E-state index in [2.05, 4.69) is 25.1 Å². The molecular weight excluding hydrogens is 441 g/mol. The van der Waals surface area contributed by atoms with Crippen molar-refractivity contribution in [1.82, 2.24) is 34.7 Å². The van der Waals surface area contributed by atoms with Crippen molar-refractivity contribution in [1.29, 1.82) is 0 Å². The zero-order valence-electron chi connectivity index (χ0n) is 17.3. The third kappa shape index (κ3) is 3.07. The minimum absolute atomic E-state index is 0.413. The Hall–Kier alpha value is -4.17. The lowest BCUT2D eigenvalue weighted by Gasteiger charge is -2.12. The summed E-state index contributed by atoms with van der Waals surface area (Å²) in [7, 11) is 0. The maximum Gasteiger partial charge on any atom is 0.163 e. The van der Waals surface area contributed by atoms with E-state index >= 15 is 0 Å². The summed E-state index contributed by atoms with van der Waals surface area (Å²) >= 11 is 6.41. The van der Waals surface area contributed by atoms with Crippen molar-refractivity contribution < 1.29 is 4.39 Å². The van der Waals surface area contributed by atoms with Crippen molar-refractivity contribution in [2.45, 2.75) is 6.92 Å². The first-order valence-electron chi connectivity index (χ1n) is 10.1. The van der Waals surface area contributed by atoms with Gasteiger partial charge in [-0.1, -0.05) is 23.7 Å². The first-order valence-corrected chi connectivity index (χ1v) is 10.5. The Morgan fingerprint density at radius 1 is 1.03 bits per heavy atom. The number of aromatic amines is 1. The molecule has 160 valence electrons. The number of rotatable bonds is 3. The number of imidazole rings is 1. The molecule has 1 N–H and O–H groups in total. The van der Waals surface area contributed by atoms with Crippen molar-refractivity contribution in [3.8, 4) is 28.2 Å². The summed E-state index contributed by atoms with van der Waals surface area (Å²) in [4.78, 5) is 16.2. The molecule has 0 aliphatic rings. The molecule has 33 heavy (non-hydrogen) atoms. The molecule has 0 aliphatic carbocycles. The summed E-state index contributed by atoms with van der Waals surface area (Å²) in [5.74, 6) is 0.887. The Balaban J connectivity index is 1.73. The number of halogens is 2. The fourth-order valence-electron chi connectivity index (χ4n) is 4.20. The Kier molecular flexibility index (Phi) is 4.41. The molecule has 6 rings (SSSR count). The van der Waals surface area contributed by atoms with E-state index < -0.39 is 5.82 Å². The van der Waals surface area contributed by atoms with Crippen molar-refractivity contribution in [2.75, 3.05) is 0 Å². The molecule has 0 fully saturated rings. The fraction of sp³-hybridized carbons (Fsp3) is 0.0417. The van der Waals surface area contributed by atoms with Crippen LogP contribution in [0.15, 0.2) is 67.4 Å². The predicted octanol–water partition coefficient (Wildman–Crippen LogP) is 5.52. The van der Waals surface area contributed by atoms with Crippen LogP contribution in [0.4, 0.5) is 4.39 Å². The third-order valence-electron chi connectivity index (χ3n) is 5.62. The molecule has 0 bridgehead atoms. The number of H-pyrrole nitrogens is 1. The summed E-state index contributed by atoms with van der Waals surface area (Å²) in [5, 5.41) is 9.55. The second kappa shape index (κ2) is 7.46. The lowest BCUT2D eigenvalue weighted by molar-refractivity contribution is 0.625. The number of pyridine rings is 2. The van der Waals surface area contributed by atoms with E-state index in [1.165, 1.54) is 12.5 Å². The Morgan fingerprint density at radius 3 is 2.76 bits per heavy atom. The zero-order valence-corrected chi connectivity index (χ0v) is 18.0. The number of nitrogens with zero attached hydrogens (tertiary/aromatic N) is 6. The third-order valence-corrected chi connectivity index (χ3v) is 5.93. The van der Waals surface area contributed by atoms with Crippen molar-refractivity contribution in [3.05, 3.63) is 84.0 Å². The molecular formula is C24H15ClFN7. The largest absolute Gasteiger partial charge is 0.327 e. The van der Waals surface area contributed by atoms with Gasteiger partial charge in [-0.3, -0.25) is 14.5 Å². The van der Waals surface area contributed by atoms with Crippen LogP contribution in [-0.2, 0) is 0 Å². The van der Waals surface area contributed by atoms with Gasteiger partial charge in [-0.2, -0.15) is 0 Å². The topological polar surface area (TPSA) is 85.2 Å². The number of aromatic nitrogens is 7. The van der Waals surface area contributed by atoms with E-state index in [1.807, 2.05) is 47.9 Å². The molecule has 7 nitrogen and oxygen atoms in total. The zero-order chi connectivity index (χ0) is 22.5. The summed E-state index contributed by atoms with van der Waals surface area (Å²) in [6, 6.07) is 13.0. The van der Waals surface area contributed by atoms with Gasteiger partial charge in [-0.15, -0.1) is 10.2 Å². The van der Waals surface area contributed by atoms with E-state index in [0.29, 0.717) is 27.5 Å². The molecule has 0 spiro atoms. The maximum atomic E-state index is 14.7. The minimum Gasteiger partial charge on any atom is -0.327 e. The van der Waals surface area contributed by atoms with Crippen LogP contribution in [0.3, 0.4) is 0 Å². The van der Waals surface area contributed by atoms with Gasteiger partial charge in [-0.05, 0) is 42.8 Å². The highest BCUT2D eigenvalue weighted by Gasteiger charge is 2.20. The number of para-hydroxylation sites is 1. The Bertz CT molecular complexity index is 1660. The predicted molar refractivity (Wildman–Crippen MR) is 125 cm³/mol. The van der Waals surface area contributed by atoms with Gasteiger partial charge in [-0.25, -0.2) is 9.37 Å². The van der Waals surface area contributed by atoms with Crippen molar-refractivity contribution in [3.63, 3.8) is 0 Å². The monoisotopic (exact) mass is 455 g/mol. The smallest absolute Gasteiger partial charge is 0.163 e. The van der Waals surface area contributed by atoms with Gasteiger partial charge in [0.05, 0.1) is 27.9 Å². The Morgan fingerprint density at radius 2 is 1.94 bits per heavy atom. The summed E-state index contributed by atoms with van der Waals surface area (Å²) in [5.41, 5.74) is 4.90. The van der Waals surface area contributed by atoms with Crippen LogP contribution in [0.1, 0.15) is 5.82 Å². The number of nitrogens with one attached hydrogen (secondary N) is 1. The highest BCUT2D eigenvalue weighted by atomic mass is 35.5. The van der Waals surface area contributed by atoms with Gasteiger partial charge in [0.25, 0.3) is 0 Å². The van der Waals surface area contributed by atoms with Crippen LogP contribution in [0.5, 0.6) is 0 Å². The number of hydrogen-bond donors (Lipinski definition) is 1. The molecule has 0 atom stereocenters. The van der Waals surface area contributed by atoms with Gasteiger partial charge in [0.15, 0.2) is 5.82 Å². The molecule has 0 aliphatic heterocycles. The normalized spacial score (nSPS) is 11.5. The molecule has 0 amide bonds. The van der Waals surface area contributed by atoms with Crippen LogP contribution in [0.25, 0.3) is 50.1 Å². The minimum atomic E-state index is -0.413. The molecule has 2 aromatic carbocycles. The standard InChI is InChI=1S/C24H15ClFN7/c1-13-31-23-17(24-29-12-30-32-24)9-14(15-5-7-27-11-19(15)26)10-21(23)33(13)20-6-8-28-22-16(20)3-2-4-18(22)25/h2-12H,1H3,(H,29,30,32). The van der Waals surface area contributed by atoms with Gasteiger partial charge in [0, 0.05) is 28.9 Å². The molecule has 4 aromatic heterocycles. The molecule has 9 heteroatoms. The van der Waals surface area contributed by atoms with Crippen molar-refractivity contribution in [2.24, 2.45) is 0 Å². The van der Waals surface area contributed by atoms with Gasteiger partial charge < -0.3 is 4.98 Å². The number of hydrogen-bond acceptors (Lipinski definition) is 5. The summed E-state index contributed by atoms with van der Waals surface area (Å²) in [6.45, 7) is 1.92. The highest BCUT2D eigenvalue weighted by Crippen LogP contribution is 2.36. The maximum absolute atomic E-state index is 14.7. The van der Waals surface area contributed by atoms with Crippen LogP contribution < -0.4 is 0 Å².